The minimum absolute atomic E-state index is 0.213. The Bertz CT molecular complexity index is 714. The molecule has 20 heavy (non-hydrogen) atoms. The zero-order chi connectivity index (χ0) is 14.5. The fourth-order valence-corrected chi connectivity index (χ4v) is 1.97. The molecule has 0 heterocycles. The first-order valence-electron chi connectivity index (χ1n) is 5.78. The van der Waals surface area contributed by atoms with E-state index in [1.807, 2.05) is 6.07 Å². The number of nitrogens with zero attached hydrogens (tertiary/aromatic N) is 1. The molecule has 0 aliphatic carbocycles. The summed E-state index contributed by atoms with van der Waals surface area (Å²) < 4.78 is 13.3. The van der Waals surface area contributed by atoms with Crippen LogP contribution in [0.1, 0.15) is 21.5 Å². The van der Waals surface area contributed by atoms with Gasteiger partial charge in [-0.25, -0.2) is 4.39 Å². The average molecular weight is 330 g/mol. The molecule has 0 saturated heterocycles. The lowest BCUT2D eigenvalue weighted by molar-refractivity contribution is 0.104. The largest absolute Gasteiger partial charge is 0.289 e. The van der Waals surface area contributed by atoms with Crippen molar-refractivity contribution in [2.45, 2.75) is 0 Å². The molecule has 0 bridgehead atoms. The molecule has 0 aliphatic rings. The number of rotatable bonds is 3. The fraction of sp³-hybridized carbons (Fsp3) is 0. The summed E-state index contributed by atoms with van der Waals surface area (Å²) in [6.45, 7) is 0. The van der Waals surface area contributed by atoms with Crippen molar-refractivity contribution in [2.75, 3.05) is 0 Å². The van der Waals surface area contributed by atoms with Crippen LogP contribution in [0.3, 0.4) is 0 Å². The second-order valence-electron chi connectivity index (χ2n) is 4.06. The molecule has 0 radical (unpaired) electrons. The highest BCUT2D eigenvalue weighted by Gasteiger charge is 2.05. The van der Waals surface area contributed by atoms with Crippen LogP contribution in [0.2, 0.25) is 0 Å². The summed E-state index contributed by atoms with van der Waals surface area (Å²) in [6.07, 6.45) is 3.07. The lowest BCUT2D eigenvalue weighted by Crippen LogP contribution is -1.94. The number of nitriles is 1. The SMILES string of the molecule is N#Cc1ccc(C=CC(=O)c2ccc(F)c(Br)c2)cc1. The molecule has 4 heteroatoms. The van der Waals surface area contributed by atoms with E-state index in [4.69, 9.17) is 5.26 Å². The van der Waals surface area contributed by atoms with E-state index in [0.29, 0.717) is 11.1 Å². The van der Waals surface area contributed by atoms with Crippen molar-refractivity contribution in [3.05, 3.63) is 75.5 Å². The summed E-state index contributed by atoms with van der Waals surface area (Å²) in [5.74, 6) is -0.618. The van der Waals surface area contributed by atoms with E-state index in [-0.39, 0.29) is 10.3 Å². The first-order valence-corrected chi connectivity index (χ1v) is 6.57. The standard InChI is InChI=1S/C16H9BrFNO/c17-14-9-13(6-7-15(14)18)16(20)8-5-11-1-3-12(10-19)4-2-11/h1-9H. The summed E-state index contributed by atoms with van der Waals surface area (Å²) in [5, 5.41) is 8.69. The van der Waals surface area contributed by atoms with Crippen LogP contribution in [0.4, 0.5) is 4.39 Å². The number of carbonyl (C=O) groups excluding carboxylic acids is 1. The first kappa shape index (κ1) is 14.2. The van der Waals surface area contributed by atoms with Gasteiger partial charge in [-0.3, -0.25) is 4.79 Å². The minimum atomic E-state index is -0.405. The normalized spacial score (nSPS) is 10.4. The topological polar surface area (TPSA) is 40.9 Å². The molecular weight excluding hydrogens is 321 g/mol. The van der Waals surface area contributed by atoms with Gasteiger partial charge in [0.2, 0.25) is 0 Å². The number of ketones is 1. The van der Waals surface area contributed by atoms with Crippen LogP contribution < -0.4 is 0 Å². The number of benzene rings is 2. The molecule has 98 valence electrons. The maximum absolute atomic E-state index is 13.1. The second-order valence-corrected chi connectivity index (χ2v) is 4.91. The maximum Gasteiger partial charge on any atom is 0.185 e. The summed E-state index contributed by atoms with van der Waals surface area (Å²) >= 11 is 3.04. The molecule has 0 saturated carbocycles. The van der Waals surface area contributed by atoms with Crippen molar-refractivity contribution in [1.29, 1.82) is 5.26 Å². The molecule has 0 amide bonds. The highest BCUT2D eigenvalue weighted by molar-refractivity contribution is 9.10. The summed E-state index contributed by atoms with van der Waals surface area (Å²) in [4.78, 5) is 11.9. The Hall–Kier alpha value is -2.25. The third-order valence-corrected chi connectivity index (χ3v) is 3.28. The summed E-state index contributed by atoms with van der Waals surface area (Å²) in [5.41, 5.74) is 1.79. The third kappa shape index (κ3) is 3.40. The molecular formula is C16H9BrFNO. The first-order chi connectivity index (χ1) is 9.60. The van der Waals surface area contributed by atoms with E-state index in [2.05, 4.69) is 15.9 Å². The van der Waals surface area contributed by atoms with Crippen LogP contribution in [0.15, 0.2) is 53.0 Å². The van der Waals surface area contributed by atoms with E-state index in [1.54, 1.807) is 30.3 Å². The molecule has 2 rings (SSSR count). The van der Waals surface area contributed by atoms with E-state index < -0.39 is 5.82 Å². The van der Waals surface area contributed by atoms with Gasteiger partial charge in [0.1, 0.15) is 5.82 Å². The molecule has 0 unspecified atom stereocenters. The van der Waals surface area contributed by atoms with Crippen LogP contribution in [-0.2, 0) is 0 Å². The quantitative estimate of drug-likeness (QED) is 0.620. The monoisotopic (exact) mass is 329 g/mol. The van der Waals surface area contributed by atoms with E-state index in [0.717, 1.165) is 5.56 Å². The highest BCUT2D eigenvalue weighted by Crippen LogP contribution is 2.17. The molecule has 0 atom stereocenters. The fourth-order valence-electron chi connectivity index (χ4n) is 1.59. The van der Waals surface area contributed by atoms with Crippen LogP contribution in [0, 0.1) is 17.1 Å². The Balaban J connectivity index is 2.15. The Morgan fingerprint density at radius 3 is 2.50 bits per heavy atom. The van der Waals surface area contributed by atoms with Gasteiger partial charge in [-0.2, -0.15) is 5.26 Å². The molecule has 0 N–H and O–H groups in total. The zero-order valence-corrected chi connectivity index (χ0v) is 11.9. The van der Waals surface area contributed by atoms with E-state index in [1.165, 1.54) is 24.3 Å². The van der Waals surface area contributed by atoms with Gasteiger partial charge in [0.25, 0.3) is 0 Å². The van der Waals surface area contributed by atoms with Gasteiger partial charge in [-0.1, -0.05) is 18.2 Å². The van der Waals surface area contributed by atoms with Crippen molar-refractivity contribution in [3.8, 4) is 6.07 Å². The summed E-state index contributed by atoms with van der Waals surface area (Å²) in [6, 6.07) is 13.0. The van der Waals surface area contributed by atoms with Crippen molar-refractivity contribution in [2.24, 2.45) is 0 Å². The Morgan fingerprint density at radius 1 is 1.20 bits per heavy atom. The summed E-state index contributed by atoms with van der Waals surface area (Å²) in [7, 11) is 0. The highest BCUT2D eigenvalue weighted by atomic mass is 79.9. The molecule has 0 aliphatic heterocycles. The van der Waals surface area contributed by atoms with Crippen LogP contribution in [0.5, 0.6) is 0 Å². The lowest BCUT2D eigenvalue weighted by Gasteiger charge is -1.98. The van der Waals surface area contributed by atoms with Gasteiger partial charge >= 0.3 is 0 Å². The van der Waals surface area contributed by atoms with Gasteiger partial charge < -0.3 is 0 Å². The van der Waals surface area contributed by atoms with E-state index >= 15 is 0 Å². The minimum Gasteiger partial charge on any atom is -0.289 e. The van der Waals surface area contributed by atoms with Crippen molar-refractivity contribution in [3.63, 3.8) is 0 Å². The number of hydrogen-bond donors (Lipinski definition) is 0. The second kappa shape index (κ2) is 6.27. The number of halogens is 2. The van der Waals surface area contributed by atoms with Gasteiger partial charge in [0.05, 0.1) is 16.1 Å². The molecule has 0 spiro atoms. The lowest BCUT2D eigenvalue weighted by atomic mass is 10.1. The Kier molecular flexibility index (Phi) is 4.44. The van der Waals surface area contributed by atoms with Crippen LogP contribution in [0.25, 0.3) is 6.08 Å². The zero-order valence-electron chi connectivity index (χ0n) is 10.3. The smallest absolute Gasteiger partial charge is 0.185 e. The molecule has 2 aromatic rings. The van der Waals surface area contributed by atoms with Gasteiger partial charge in [0.15, 0.2) is 5.78 Å². The molecule has 0 aromatic heterocycles. The Labute approximate surface area is 124 Å². The van der Waals surface area contributed by atoms with Crippen molar-refractivity contribution >= 4 is 27.8 Å². The number of carbonyl (C=O) groups is 1. The average Bonchev–Trinajstić information content (AvgIpc) is 2.48. The van der Waals surface area contributed by atoms with Gasteiger partial charge in [-0.15, -0.1) is 0 Å². The third-order valence-electron chi connectivity index (χ3n) is 2.67. The molecule has 2 nitrogen and oxygen atoms in total. The molecule has 0 fully saturated rings. The van der Waals surface area contributed by atoms with Crippen LogP contribution >= 0.6 is 15.9 Å². The van der Waals surface area contributed by atoms with Crippen LogP contribution in [-0.4, -0.2) is 5.78 Å². The maximum atomic E-state index is 13.1. The predicted molar refractivity (Wildman–Crippen MR) is 78.6 cm³/mol. The van der Waals surface area contributed by atoms with Gasteiger partial charge in [0, 0.05) is 5.56 Å². The Morgan fingerprint density at radius 2 is 1.90 bits per heavy atom. The van der Waals surface area contributed by atoms with E-state index in [9.17, 15) is 9.18 Å². The molecule has 2 aromatic carbocycles. The van der Waals surface area contributed by atoms with Crippen molar-refractivity contribution < 1.29 is 9.18 Å². The predicted octanol–water partition coefficient (Wildman–Crippen LogP) is 4.36. The number of hydrogen-bond acceptors (Lipinski definition) is 2. The van der Waals surface area contributed by atoms with Crippen molar-refractivity contribution in [1.82, 2.24) is 0 Å². The number of allylic oxidation sites excluding steroid dienone is 1. The van der Waals surface area contributed by atoms with Gasteiger partial charge in [-0.05, 0) is 57.9 Å².